The number of hydrogen-bond donors (Lipinski definition) is 0. The van der Waals surface area contributed by atoms with Crippen LogP contribution in [0.25, 0.3) is 5.69 Å². The quantitative estimate of drug-likeness (QED) is 0.515. The molecule has 34 heavy (non-hydrogen) atoms. The average Bonchev–Trinajstić information content (AvgIpc) is 3.43. The number of rotatable bonds is 6. The first-order valence-corrected chi connectivity index (χ1v) is 12.9. The Labute approximate surface area is 202 Å². The summed E-state index contributed by atoms with van der Waals surface area (Å²) in [7, 11) is 1.91. The number of amides is 1. The lowest BCUT2D eigenvalue weighted by molar-refractivity contribution is -0.00783. The Bertz CT molecular complexity index is 1170. The lowest BCUT2D eigenvalue weighted by atomic mass is 9.48. The highest BCUT2D eigenvalue weighted by atomic mass is 16.2. The minimum atomic E-state index is 0.0592. The maximum Gasteiger partial charge on any atom is 0.257 e. The maximum absolute atomic E-state index is 13.9. The number of nitrogens with zero attached hydrogens (tertiary/aromatic N) is 5. The zero-order valence-electron chi connectivity index (χ0n) is 20.6. The fourth-order valence-corrected chi connectivity index (χ4v) is 7.45. The first-order valence-electron chi connectivity index (χ1n) is 12.9. The van der Waals surface area contributed by atoms with E-state index in [0.717, 1.165) is 52.5 Å². The van der Waals surface area contributed by atoms with Crippen molar-refractivity contribution in [2.24, 2.45) is 17.8 Å². The molecule has 6 nitrogen and oxygen atoms in total. The molecule has 0 saturated heterocycles. The molecule has 0 radical (unpaired) electrons. The summed E-state index contributed by atoms with van der Waals surface area (Å²) in [6.07, 6.45) is 11.8. The molecule has 178 valence electrons. The van der Waals surface area contributed by atoms with Crippen LogP contribution >= 0.6 is 0 Å². The van der Waals surface area contributed by atoms with Gasteiger partial charge in [0, 0.05) is 43.5 Å². The summed E-state index contributed by atoms with van der Waals surface area (Å²) >= 11 is 0. The third-order valence-corrected chi connectivity index (χ3v) is 8.63. The van der Waals surface area contributed by atoms with E-state index in [1.807, 2.05) is 52.6 Å². The third-order valence-electron chi connectivity index (χ3n) is 8.63. The maximum atomic E-state index is 13.9. The molecule has 0 unspecified atom stereocenters. The molecule has 4 bridgehead atoms. The van der Waals surface area contributed by atoms with E-state index in [9.17, 15) is 4.79 Å². The van der Waals surface area contributed by atoms with Gasteiger partial charge in [-0.05, 0) is 82.3 Å². The lowest BCUT2D eigenvalue weighted by Crippen LogP contribution is -2.49. The second kappa shape index (κ2) is 8.10. The number of hydrogen-bond acceptors (Lipinski definition) is 3. The summed E-state index contributed by atoms with van der Waals surface area (Å²) in [5.41, 5.74) is 4.99. The molecular formula is C28H35N5O. The Morgan fingerprint density at radius 3 is 2.26 bits per heavy atom. The molecule has 4 aliphatic rings. The predicted octanol–water partition coefficient (Wildman–Crippen LogP) is 5.14. The Balaban J connectivity index is 1.38. The molecular weight excluding hydrogens is 422 g/mol. The number of aromatic nitrogens is 4. The average molecular weight is 458 g/mol. The first-order chi connectivity index (χ1) is 16.4. The summed E-state index contributed by atoms with van der Waals surface area (Å²) in [5, 5.41) is 9.73. The van der Waals surface area contributed by atoms with Gasteiger partial charge in [-0.3, -0.25) is 9.48 Å². The summed E-state index contributed by atoms with van der Waals surface area (Å²) in [6, 6.07) is 10.2. The predicted molar refractivity (Wildman–Crippen MR) is 132 cm³/mol. The van der Waals surface area contributed by atoms with E-state index in [1.54, 1.807) is 0 Å². The molecule has 0 N–H and O–H groups in total. The van der Waals surface area contributed by atoms with Crippen LogP contribution in [0.3, 0.4) is 0 Å². The van der Waals surface area contributed by atoms with Gasteiger partial charge >= 0.3 is 0 Å². The molecule has 4 fully saturated rings. The van der Waals surface area contributed by atoms with Crippen molar-refractivity contribution in [2.45, 2.75) is 70.9 Å². The Morgan fingerprint density at radius 2 is 1.68 bits per heavy atom. The largest absolute Gasteiger partial charge is 0.337 e. The van der Waals surface area contributed by atoms with Crippen LogP contribution in [0.15, 0.2) is 42.7 Å². The number of benzene rings is 1. The molecule has 7 rings (SSSR count). The standard InChI is InChI=1S/C28H35N5O/c1-4-32-17-23(19(2)29-32)16-31(3)27(34)25-18-33(24-8-6-5-7-9-24)30-26(25)28-13-20-10-21(14-28)12-22(11-20)15-28/h5-9,17-18,20-22H,4,10-16H2,1-3H3. The number of para-hydroxylation sites is 1. The molecule has 2 aromatic heterocycles. The van der Waals surface area contributed by atoms with E-state index in [1.165, 1.54) is 38.5 Å². The molecule has 1 aromatic carbocycles. The molecule has 0 aliphatic heterocycles. The minimum absolute atomic E-state index is 0.0592. The van der Waals surface area contributed by atoms with Crippen molar-refractivity contribution in [3.63, 3.8) is 0 Å². The van der Waals surface area contributed by atoms with Crippen LogP contribution in [-0.4, -0.2) is 37.4 Å². The van der Waals surface area contributed by atoms with Crippen LogP contribution in [0.1, 0.15) is 72.8 Å². The van der Waals surface area contributed by atoms with Gasteiger partial charge in [-0.1, -0.05) is 18.2 Å². The topological polar surface area (TPSA) is 56.0 Å². The normalized spacial score (nSPS) is 27.3. The second-order valence-corrected chi connectivity index (χ2v) is 11.1. The zero-order valence-corrected chi connectivity index (χ0v) is 20.6. The van der Waals surface area contributed by atoms with Gasteiger partial charge in [0.1, 0.15) is 0 Å². The number of carbonyl (C=O) groups excluding carboxylic acids is 1. The second-order valence-electron chi connectivity index (χ2n) is 11.1. The third kappa shape index (κ3) is 3.58. The summed E-state index contributed by atoms with van der Waals surface area (Å²) in [4.78, 5) is 15.8. The first kappa shape index (κ1) is 21.6. The van der Waals surface area contributed by atoms with Crippen molar-refractivity contribution in [1.29, 1.82) is 0 Å². The smallest absolute Gasteiger partial charge is 0.257 e. The fourth-order valence-electron chi connectivity index (χ4n) is 7.45. The van der Waals surface area contributed by atoms with Gasteiger partial charge in [0.05, 0.1) is 22.6 Å². The van der Waals surface area contributed by atoms with Gasteiger partial charge in [0.25, 0.3) is 5.91 Å². The highest BCUT2D eigenvalue weighted by molar-refractivity contribution is 5.95. The van der Waals surface area contributed by atoms with E-state index >= 15 is 0 Å². The minimum Gasteiger partial charge on any atom is -0.337 e. The molecule has 4 saturated carbocycles. The van der Waals surface area contributed by atoms with Crippen LogP contribution in [0.2, 0.25) is 0 Å². The van der Waals surface area contributed by atoms with Crippen molar-refractivity contribution in [3.05, 3.63) is 65.2 Å². The molecule has 2 heterocycles. The van der Waals surface area contributed by atoms with Gasteiger partial charge in [0.2, 0.25) is 0 Å². The highest BCUT2D eigenvalue weighted by Crippen LogP contribution is 2.61. The van der Waals surface area contributed by atoms with E-state index < -0.39 is 0 Å². The van der Waals surface area contributed by atoms with Crippen molar-refractivity contribution in [2.75, 3.05) is 7.05 Å². The monoisotopic (exact) mass is 457 g/mol. The summed E-state index contributed by atoms with van der Waals surface area (Å²) in [5.74, 6) is 2.47. The van der Waals surface area contributed by atoms with Crippen LogP contribution in [0, 0.1) is 24.7 Å². The van der Waals surface area contributed by atoms with Crippen molar-refractivity contribution in [1.82, 2.24) is 24.5 Å². The molecule has 6 heteroatoms. The van der Waals surface area contributed by atoms with Crippen LogP contribution in [0.4, 0.5) is 0 Å². The van der Waals surface area contributed by atoms with Crippen molar-refractivity contribution < 1.29 is 4.79 Å². The van der Waals surface area contributed by atoms with E-state index in [0.29, 0.717) is 6.54 Å². The van der Waals surface area contributed by atoms with E-state index in [4.69, 9.17) is 5.10 Å². The van der Waals surface area contributed by atoms with Crippen LogP contribution in [-0.2, 0) is 18.5 Å². The lowest BCUT2D eigenvalue weighted by Gasteiger charge is -2.56. The van der Waals surface area contributed by atoms with Crippen LogP contribution < -0.4 is 0 Å². The molecule has 0 spiro atoms. The number of carbonyl (C=O) groups is 1. The van der Waals surface area contributed by atoms with E-state index in [2.05, 4.69) is 30.4 Å². The Morgan fingerprint density at radius 1 is 1.03 bits per heavy atom. The van der Waals surface area contributed by atoms with Gasteiger partial charge in [-0.15, -0.1) is 0 Å². The van der Waals surface area contributed by atoms with Gasteiger partial charge in [0.15, 0.2) is 0 Å². The summed E-state index contributed by atoms with van der Waals surface area (Å²) < 4.78 is 3.88. The Kier molecular flexibility index (Phi) is 5.16. The molecule has 1 amide bonds. The van der Waals surface area contributed by atoms with Gasteiger partial charge in [-0.25, -0.2) is 4.68 Å². The van der Waals surface area contributed by atoms with Crippen LogP contribution in [0.5, 0.6) is 0 Å². The van der Waals surface area contributed by atoms with Gasteiger partial charge < -0.3 is 4.90 Å². The SMILES string of the molecule is CCn1cc(CN(C)C(=O)c2cn(-c3ccccc3)nc2C23CC4CC(CC(C4)C2)C3)c(C)n1. The molecule has 3 aromatic rings. The summed E-state index contributed by atoms with van der Waals surface area (Å²) in [6.45, 7) is 5.49. The van der Waals surface area contributed by atoms with Gasteiger partial charge in [-0.2, -0.15) is 10.2 Å². The molecule has 0 atom stereocenters. The Hall–Kier alpha value is -2.89. The number of aryl methyl sites for hydroxylation is 2. The van der Waals surface area contributed by atoms with E-state index in [-0.39, 0.29) is 11.3 Å². The van der Waals surface area contributed by atoms with Crippen molar-refractivity contribution >= 4 is 5.91 Å². The van der Waals surface area contributed by atoms with Crippen molar-refractivity contribution in [3.8, 4) is 5.69 Å². The highest BCUT2D eigenvalue weighted by Gasteiger charge is 2.54. The fraction of sp³-hybridized carbons (Fsp3) is 0.536. The molecule has 4 aliphatic carbocycles. The zero-order chi connectivity index (χ0) is 23.4.